The van der Waals surface area contributed by atoms with Gasteiger partial charge in [0, 0.05) is 33.5 Å². The molecule has 0 saturated carbocycles. The number of hydrogen-bond acceptors (Lipinski definition) is 6. The average molecular weight is 473 g/mol. The van der Waals surface area contributed by atoms with E-state index in [1.165, 1.54) is 6.20 Å². The quantitative estimate of drug-likeness (QED) is 0.308. The third-order valence-electron chi connectivity index (χ3n) is 5.19. The molecule has 1 N–H and O–H groups in total. The molecule has 0 aliphatic carbocycles. The number of aromatic nitrogens is 6. The van der Waals surface area contributed by atoms with Gasteiger partial charge in [-0.05, 0) is 23.7 Å². The van der Waals surface area contributed by atoms with Crippen LogP contribution in [0.3, 0.4) is 0 Å². The van der Waals surface area contributed by atoms with Crippen LogP contribution < -0.4 is 0 Å². The van der Waals surface area contributed by atoms with Gasteiger partial charge >= 0.3 is 0 Å². The summed E-state index contributed by atoms with van der Waals surface area (Å²) in [6.07, 6.45) is 4.93. The van der Waals surface area contributed by atoms with Crippen LogP contribution in [-0.4, -0.2) is 49.3 Å². The molecule has 0 amide bonds. The average Bonchev–Trinajstić information content (AvgIpc) is 3.33. The maximum Gasteiger partial charge on any atom is 0.165 e. The Kier molecular flexibility index (Phi) is 6.37. The Balaban J connectivity index is 1.77. The fraction of sp³-hybridized carbons (Fsp3) is 0.364. The highest BCUT2D eigenvalue weighted by atomic mass is 28.3. The minimum absolute atomic E-state index is 0.105. The highest BCUT2D eigenvalue weighted by molar-refractivity contribution is 6.76. The molecular weight excluding hydrogens is 446 g/mol. The van der Waals surface area contributed by atoms with Gasteiger partial charge in [-0.2, -0.15) is 10.2 Å². The van der Waals surface area contributed by atoms with Crippen molar-refractivity contribution in [1.29, 1.82) is 0 Å². The summed E-state index contributed by atoms with van der Waals surface area (Å²) < 4.78 is 38.4. The smallest absolute Gasteiger partial charge is 0.165 e. The Morgan fingerprint density at radius 2 is 1.85 bits per heavy atom. The number of nitrogens with zero attached hydrogens (tertiary/aromatic N) is 6. The number of rotatable bonds is 8. The molecule has 0 aliphatic heterocycles. The monoisotopic (exact) mass is 472 g/mol. The highest BCUT2D eigenvalue weighted by Gasteiger charge is 2.21. The van der Waals surface area contributed by atoms with Crippen molar-refractivity contribution in [1.82, 2.24) is 29.5 Å². The number of aliphatic hydroxyl groups excluding tert-OH is 1. The summed E-state index contributed by atoms with van der Waals surface area (Å²) in [5, 5.41) is 18.0. The normalized spacial score (nSPS) is 12.1. The molecule has 174 valence electrons. The predicted molar refractivity (Wildman–Crippen MR) is 123 cm³/mol. The van der Waals surface area contributed by atoms with Gasteiger partial charge in [0.05, 0.1) is 24.6 Å². The summed E-state index contributed by atoms with van der Waals surface area (Å²) in [6.45, 7) is 7.19. The molecule has 0 spiro atoms. The molecule has 33 heavy (non-hydrogen) atoms. The lowest BCUT2D eigenvalue weighted by Gasteiger charge is -2.15. The molecule has 8 nitrogen and oxygen atoms in total. The van der Waals surface area contributed by atoms with Crippen LogP contribution in [0.1, 0.15) is 5.56 Å². The van der Waals surface area contributed by atoms with Crippen LogP contribution in [0.5, 0.6) is 0 Å². The molecule has 4 aromatic rings. The van der Waals surface area contributed by atoms with Gasteiger partial charge in [-0.15, -0.1) is 0 Å². The summed E-state index contributed by atoms with van der Waals surface area (Å²) in [5.74, 6) is -1.79. The van der Waals surface area contributed by atoms with Crippen molar-refractivity contribution in [3.05, 3.63) is 47.9 Å². The van der Waals surface area contributed by atoms with Crippen molar-refractivity contribution in [3.8, 4) is 22.6 Å². The fourth-order valence-corrected chi connectivity index (χ4v) is 4.13. The lowest BCUT2D eigenvalue weighted by atomic mass is 10.1. The second-order valence-electron chi connectivity index (χ2n) is 9.12. The van der Waals surface area contributed by atoms with Crippen LogP contribution in [0.4, 0.5) is 8.78 Å². The topological polar surface area (TPSA) is 90.9 Å². The molecule has 0 atom stereocenters. The summed E-state index contributed by atoms with van der Waals surface area (Å²) in [5.41, 5.74) is 2.03. The van der Waals surface area contributed by atoms with Crippen LogP contribution in [0.15, 0.2) is 30.7 Å². The van der Waals surface area contributed by atoms with Gasteiger partial charge in [0.25, 0.3) is 0 Å². The third kappa shape index (κ3) is 4.99. The second-order valence-corrected chi connectivity index (χ2v) is 14.7. The van der Waals surface area contributed by atoms with E-state index in [2.05, 4.69) is 39.8 Å². The summed E-state index contributed by atoms with van der Waals surface area (Å²) in [7, 11) is 0.554. The Bertz CT molecular complexity index is 1280. The van der Waals surface area contributed by atoms with Crippen molar-refractivity contribution < 1.29 is 18.6 Å². The number of aliphatic hydroxyl groups is 1. The predicted octanol–water partition coefficient (Wildman–Crippen LogP) is 3.98. The minimum Gasteiger partial charge on any atom is -0.392 e. The van der Waals surface area contributed by atoms with E-state index in [9.17, 15) is 13.9 Å². The van der Waals surface area contributed by atoms with Crippen LogP contribution in [-0.2, 0) is 25.1 Å². The van der Waals surface area contributed by atoms with Crippen LogP contribution in [0, 0.1) is 11.6 Å². The molecule has 0 radical (unpaired) electrons. The molecule has 3 aromatic heterocycles. The molecular formula is C22H26F2N6O2Si. The standard InChI is InChI=1S/C22H26F2N6O2Si/c1-29-11-15(9-26-29)20-21-18(30(28-20)13-32-5-6-33(2,3)4)10-25-22(27-21)19-16(23)7-14(12-31)8-17(19)24/h7-11,31H,5-6,12-13H2,1-4H3. The van der Waals surface area contributed by atoms with Crippen molar-refractivity contribution in [2.45, 2.75) is 39.0 Å². The number of aryl methyl sites for hydroxylation is 1. The van der Waals surface area contributed by atoms with Gasteiger partial charge in [0.2, 0.25) is 0 Å². The van der Waals surface area contributed by atoms with E-state index in [0.29, 0.717) is 28.9 Å². The molecule has 3 heterocycles. The molecule has 0 fully saturated rings. The first-order chi connectivity index (χ1) is 15.7. The van der Waals surface area contributed by atoms with Crippen molar-refractivity contribution >= 4 is 19.1 Å². The zero-order valence-corrected chi connectivity index (χ0v) is 20.0. The maximum absolute atomic E-state index is 14.6. The third-order valence-corrected chi connectivity index (χ3v) is 6.89. The van der Waals surface area contributed by atoms with Crippen molar-refractivity contribution in [3.63, 3.8) is 0 Å². The molecule has 11 heteroatoms. The first kappa shape index (κ1) is 23.1. The van der Waals surface area contributed by atoms with Gasteiger partial charge < -0.3 is 9.84 Å². The molecule has 0 bridgehead atoms. The van der Waals surface area contributed by atoms with Crippen LogP contribution >= 0.6 is 0 Å². The van der Waals surface area contributed by atoms with Gasteiger partial charge in [-0.1, -0.05) is 19.6 Å². The Morgan fingerprint density at radius 1 is 1.12 bits per heavy atom. The molecule has 0 saturated heterocycles. The molecule has 0 aliphatic rings. The van der Waals surface area contributed by atoms with Gasteiger partial charge in [-0.3, -0.25) is 4.68 Å². The Hall–Kier alpha value is -3.02. The van der Waals surface area contributed by atoms with E-state index in [1.807, 2.05) is 0 Å². The van der Waals surface area contributed by atoms with Gasteiger partial charge in [0.1, 0.15) is 35.1 Å². The Labute approximate surface area is 190 Å². The number of ether oxygens (including phenoxy) is 1. The number of fused-ring (bicyclic) bond motifs is 1. The largest absolute Gasteiger partial charge is 0.392 e. The second kappa shape index (κ2) is 9.08. The van der Waals surface area contributed by atoms with E-state index in [-0.39, 0.29) is 23.7 Å². The molecule has 4 rings (SSSR count). The highest BCUT2D eigenvalue weighted by Crippen LogP contribution is 2.30. The SMILES string of the molecule is Cn1cc(-c2nn(COCC[Si](C)(C)C)c3cnc(-c4c(F)cc(CO)cc4F)nc23)cn1. The number of halogens is 2. The van der Waals surface area contributed by atoms with Crippen LogP contribution in [0.25, 0.3) is 33.7 Å². The first-order valence-corrected chi connectivity index (χ1v) is 14.3. The maximum atomic E-state index is 14.6. The zero-order valence-electron chi connectivity index (χ0n) is 19.0. The zero-order chi connectivity index (χ0) is 23.8. The molecule has 0 unspecified atom stereocenters. The van der Waals surface area contributed by atoms with E-state index in [0.717, 1.165) is 18.2 Å². The van der Waals surface area contributed by atoms with Crippen LogP contribution in [0.2, 0.25) is 25.7 Å². The van der Waals surface area contributed by atoms with E-state index in [4.69, 9.17) is 4.74 Å². The van der Waals surface area contributed by atoms with E-state index >= 15 is 0 Å². The Morgan fingerprint density at radius 3 is 2.45 bits per heavy atom. The first-order valence-electron chi connectivity index (χ1n) is 10.6. The van der Waals surface area contributed by atoms with Crippen molar-refractivity contribution in [2.75, 3.05) is 6.61 Å². The van der Waals surface area contributed by atoms with E-state index in [1.54, 1.807) is 28.8 Å². The van der Waals surface area contributed by atoms with Gasteiger partial charge in [0.15, 0.2) is 5.82 Å². The summed E-state index contributed by atoms with van der Waals surface area (Å²) in [6, 6.07) is 3.16. The van der Waals surface area contributed by atoms with Crippen molar-refractivity contribution in [2.24, 2.45) is 7.05 Å². The number of hydrogen-bond donors (Lipinski definition) is 1. The molecule has 1 aromatic carbocycles. The summed E-state index contributed by atoms with van der Waals surface area (Å²) in [4.78, 5) is 8.68. The van der Waals surface area contributed by atoms with Gasteiger partial charge in [-0.25, -0.2) is 23.4 Å². The summed E-state index contributed by atoms with van der Waals surface area (Å²) >= 11 is 0. The number of benzene rings is 1. The van der Waals surface area contributed by atoms with E-state index < -0.39 is 26.3 Å². The fourth-order valence-electron chi connectivity index (χ4n) is 3.38. The lowest BCUT2D eigenvalue weighted by molar-refractivity contribution is 0.0818. The minimum atomic E-state index is -1.23. The lowest BCUT2D eigenvalue weighted by Crippen LogP contribution is -2.22.